The molecule has 73 heavy (non-hydrogen) atoms. The number of allylic oxidation sites excluding steroid dienone is 15. The third-order valence-electron chi connectivity index (χ3n) is 11.2. The molecule has 0 saturated carbocycles. The largest absolute Gasteiger partial charge is 0.354 e. The summed E-state index contributed by atoms with van der Waals surface area (Å²) in [6.07, 6.45) is 34.8. The van der Waals surface area contributed by atoms with Gasteiger partial charge in [-0.25, -0.2) is 0 Å². The molecule has 374 valence electrons. The van der Waals surface area contributed by atoms with Crippen LogP contribution >= 0.6 is 0 Å². The predicted molar refractivity (Wildman–Crippen MR) is 331 cm³/mol. The molecule has 8 aromatic rings. The summed E-state index contributed by atoms with van der Waals surface area (Å²) < 4.78 is 4.53. The number of aromatic nitrogens is 3. The minimum atomic E-state index is 0.837. The topological polar surface area (TPSA) is 38.0 Å². The van der Waals surface area contributed by atoms with E-state index >= 15 is 0 Å². The van der Waals surface area contributed by atoms with Crippen molar-refractivity contribution in [2.45, 2.75) is 82.1 Å². The second-order valence-corrected chi connectivity index (χ2v) is 16.8. The highest BCUT2D eigenvalue weighted by Crippen LogP contribution is 2.35. The van der Waals surface area contributed by atoms with Crippen molar-refractivity contribution >= 4 is 67.8 Å². The Morgan fingerprint density at radius 1 is 0.685 bits per heavy atom. The van der Waals surface area contributed by atoms with Crippen LogP contribution in [0.1, 0.15) is 93.3 Å². The third-order valence-corrected chi connectivity index (χ3v) is 11.2. The lowest BCUT2D eigenvalue weighted by atomic mass is 10.0. The number of hydrogen-bond acceptors (Lipinski definition) is 1. The van der Waals surface area contributed by atoms with E-state index in [9.17, 15) is 0 Å². The standard InChI is InChI=1S/C36H29N3.C15H17N.C8H12.C4H8.C3H8.C3H4/c1-4-6-10-24(3)39-29(5-2)20-28-19-25(14-16-35(28)39)26-13-15-33-31(21-26)32-23-36-27(22-34(32)37-33)17-18-38(36)30-11-8-7-9-12-30;1-4-6-10-13(5-2)15(16-3)14-11-8-7-9-12-14;1-4-6-8(3)7-5-2;1-3-4-2;2*1-3-2/h4-23,37H,2H2,1,3H3;4-9,11-12H,2-3,10H2,1H3;4-7H,1H2,2-3H3;3-4H,1-2H3;3H2,1-2H3;1H,2H3/b6-4-,24-10+;6-4-,15-13-;7-5-,8-6-;4-3-;;. The van der Waals surface area contributed by atoms with Crippen LogP contribution in [-0.2, 0) is 0 Å². The fourth-order valence-corrected chi connectivity index (χ4v) is 7.79. The Bertz CT molecular complexity index is 3280. The van der Waals surface area contributed by atoms with Crippen LogP contribution in [0.4, 0.5) is 0 Å². The molecule has 0 amide bonds. The van der Waals surface area contributed by atoms with Gasteiger partial charge in [-0.05, 0) is 158 Å². The van der Waals surface area contributed by atoms with E-state index in [1.54, 1.807) is 13.0 Å². The molecule has 4 heteroatoms. The number of rotatable bonds is 12. The van der Waals surface area contributed by atoms with Crippen LogP contribution in [0.5, 0.6) is 0 Å². The van der Waals surface area contributed by atoms with Gasteiger partial charge in [0.25, 0.3) is 0 Å². The van der Waals surface area contributed by atoms with Gasteiger partial charge in [-0.3, -0.25) is 4.99 Å². The van der Waals surface area contributed by atoms with Crippen molar-refractivity contribution < 1.29 is 0 Å². The molecule has 0 radical (unpaired) electrons. The van der Waals surface area contributed by atoms with E-state index < -0.39 is 0 Å². The van der Waals surface area contributed by atoms with Crippen LogP contribution in [-0.4, -0.2) is 20.8 Å². The number of aliphatic imine (C=N–C) groups is 1. The molecule has 0 atom stereocenters. The number of aromatic amines is 1. The molecule has 0 saturated heterocycles. The van der Waals surface area contributed by atoms with Crippen LogP contribution in [0, 0.1) is 12.3 Å². The van der Waals surface area contributed by atoms with E-state index in [2.05, 4.69) is 194 Å². The Balaban J connectivity index is 0.000000340. The summed E-state index contributed by atoms with van der Waals surface area (Å²) in [5.74, 6) is 2.25. The van der Waals surface area contributed by atoms with Crippen LogP contribution in [0.3, 0.4) is 0 Å². The van der Waals surface area contributed by atoms with Crippen molar-refractivity contribution in [3.8, 4) is 29.2 Å². The van der Waals surface area contributed by atoms with Crippen LogP contribution in [0.15, 0.2) is 236 Å². The maximum Gasteiger partial charge on any atom is 0.0729 e. The fraction of sp³-hybridized carbons (Fsp3) is 0.174. The van der Waals surface area contributed by atoms with Gasteiger partial charge in [-0.15, -0.1) is 12.3 Å². The van der Waals surface area contributed by atoms with Crippen molar-refractivity contribution in [1.82, 2.24) is 14.1 Å². The minimum absolute atomic E-state index is 0.837. The highest BCUT2D eigenvalue weighted by molar-refractivity contribution is 6.12. The number of H-pyrrole nitrogens is 1. The van der Waals surface area contributed by atoms with E-state index in [1.807, 2.05) is 127 Å². The number of fused-ring (bicyclic) bond motifs is 5. The maximum absolute atomic E-state index is 4.60. The Morgan fingerprint density at radius 2 is 1.32 bits per heavy atom. The first-order valence-corrected chi connectivity index (χ1v) is 25.1. The monoisotopic (exact) mass is 963 g/mol. The lowest BCUT2D eigenvalue weighted by Gasteiger charge is -2.09. The summed E-state index contributed by atoms with van der Waals surface area (Å²) in [6, 6.07) is 43.0. The molecule has 0 bridgehead atoms. The van der Waals surface area contributed by atoms with Gasteiger partial charge in [0.1, 0.15) is 0 Å². The van der Waals surface area contributed by atoms with Crippen LogP contribution in [0.2, 0.25) is 0 Å². The van der Waals surface area contributed by atoms with E-state index in [0.29, 0.717) is 0 Å². The molecular formula is C69H78N4. The molecule has 4 nitrogen and oxygen atoms in total. The smallest absolute Gasteiger partial charge is 0.0729 e. The quantitative estimate of drug-likeness (QED) is 0.0548. The number of nitrogens with one attached hydrogen (secondary N) is 1. The molecule has 0 aliphatic heterocycles. The fourth-order valence-electron chi connectivity index (χ4n) is 7.79. The zero-order chi connectivity index (χ0) is 53.5. The summed E-state index contributed by atoms with van der Waals surface area (Å²) in [6.45, 7) is 35.2. The molecule has 0 fully saturated rings. The van der Waals surface area contributed by atoms with Gasteiger partial charge in [0, 0.05) is 61.4 Å². The van der Waals surface area contributed by atoms with Crippen molar-refractivity contribution in [2.24, 2.45) is 4.99 Å². The highest BCUT2D eigenvalue weighted by Gasteiger charge is 2.13. The molecule has 8 rings (SSSR count). The Kier molecular flexibility index (Phi) is 26.2. The molecule has 0 spiro atoms. The van der Waals surface area contributed by atoms with Crippen molar-refractivity contribution in [3.63, 3.8) is 0 Å². The van der Waals surface area contributed by atoms with Crippen LogP contribution < -0.4 is 0 Å². The molecule has 0 aliphatic carbocycles. The van der Waals surface area contributed by atoms with Crippen molar-refractivity contribution in [2.75, 3.05) is 0 Å². The highest BCUT2D eigenvalue weighted by atomic mass is 15.0. The Hall–Kier alpha value is -8.39. The summed E-state index contributed by atoms with van der Waals surface area (Å²) in [7, 11) is 0. The predicted octanol–water partition coefficient (Wildman–Crippen LogP) is 20.6. The average Bonchev–Trinajstić information content (AvgIpc) is 4.12. The second kappa shape index (κ2) is 32.5. The van der Waals surface area contributed by atoms with Crippen LogP contribution in [0.25, 0.3) is 77.9 Å². The van der Waals surface area contributed by atoms with Crippen molar-refractivity contribution in [1.29, 1.82) is 0 Å². The normalized spacial score (nSPS) is 11.6. The van der Waals surface area contributed by atoms with Gasteiger partial charge >= 0.3 is 0 Å². The first-order chi connectivity index (χ1) is 35.5. The summed E-state index contributed by atoms with van der Waals surface area (Å²) in [4.78, 5) is 7.75. The second-order valence-electron chi connectivity index (χ2n) is 16.8. The number of benzene rings is 5. The van der Waals surface area contributed by atoms with E-state index in [1.165, 1.54) is 61.4 Å². The number of para-hydroxylation sites is 1. The van der Waals surface area contributed by atoms with Gasteiger partial charge < -0.3 is 14.1 Å². The molecule has 0 aliphatic rings. The molecule has 1 N–H and O–H groups in total. The maximum atomic E-state index is 4.60. The average molecular weight is 963 g/mol. The molecule has 0 unspecified atom stereocenters. The molecular weight excluding hydrogens is 885 g/mol. The number of terminal acetylenes is 1. The number of nitrogens with zero attached hydrogens (tertiary/aromatic N) is 3. The van der Waals surface area contributed by atoms with E-state index in [-0.39, 0.29) is 0 Å². The van der Waals surface area contributed by atoms with E-state index in [0.717, 1.165) is 45.7 Å². The summed E-state index contributed by atoms with van der Waals surface area (Å²) >= 11 is 0. The SMILES string of the molecule is C#CC.C/C=C\C.C=C/C(C/C=C\C)=C(/N=C)c1ccccc1.C=C/C=C(C)\C=C/C.C=Cc1cc2cc(-c3ccc4[nH]c5cc6ccn(-c7ccccc7)c6cc5c4c3)ccc2n1/C(C)=C/C=C\C.CCC. The molecule has 3 heterocycles. The third kappa shape index (κ3) is 16.9. The van der Waals surface area contributed by atoms with Gasteiger partial charge in [0.15, 0.2) is 0 Å². The summed E-state index contributed by atoms with van der Waals surface area (Å²) in [5.41, 5.74) is 14.9. The van der Waals surface area contributed by atoms with Gasteiger partial charge in [0.2, 0.25) is 0 Å². The van der Waals surface area contributed by atoms with Gasteiger partial charge in [-0.2, -0.15) is 0 Å². The van der Waals surface area contributed by atoms with Crippen molar-refractivity contribution in [3.05, 3.63) is 243 Å². The Labute approximate surface area is 438 Å². The van der Waals surface area contributed by atoms with Gasteiger partial charge in [-0.1, -0.05) is 173 Å². The minimum Gasteiger partial charge on any atom is -0.354 e. The number of hydrogen-bond donors (Lipinski definition) is 1. The zero-order valence-electron chi connectivity index (χ0n) is 45.3. The molecule has 3 aromatic heterocycles. The molecule has 5 aromatic carbocycles. The Morgan fingerprint density at radius 3 is 1.89 bits per heavy atom. The van der Waals surface area contributed by atoms with E-state index in [4.69, 9.17) is 0 Å². The van der Waals surface area contributed by atoms with Gasteiger partial charge in [0.05, 0.1) is 16.7 Å². The zero-order valence-corrected chi connectivity index (χ0v) is 45.3. The first kappa shape index (κ1) is 58.9. The lowest BCUT2D eigenvalue weighted by Crippen LogP contribution is -1.95. The lowest BCUT2D eigenvalue weighted by molar-refractivity contribution is 1.09. The first-order valence-electron chi connectivity index (χ1n) is 25.1. The summed E-state index contributed by atoms with van der Waals surface area (Å²) in [5, 5.41) is 4.91.